The number of H-pyrrole nitrogens is 1. The molecule has 1 aromatic rings. The lowest BCUT2D eigenvalue weighted by atomic mass is 10.1. The molecule has 1 aromatic heterocycles. The average molecular weight is 283 g/mol. The fourth-order valence-corrected chi connectivity index (χ4v) is 2.59. The first-order chi connectivity index (χ1) is 9.06. The summed E-state index contributed by atoms with van der Waals surface area (Å²) in [6.07, 6.45) is 1.85. The minimum atomic E-state index is -0.604. The molecule has 0 spiro atoms. The number of rotatable bonds is 8. The smallest absolute Gasteiger partial charge is 0.299 e. The number of aromatic amines is 1. The monoisotopic (exact) mass is 283 g/mol. The van der Waals surface area contributed by atoms with Gasteiger partial charge in [0.05, 0.1) is 6.07 Å². The third-order valence-corrected chi connectivity index (χ3v) is 3.96. The van der Waals surface area contributed by atoms with E-state index in [2.05, 4.69) is 28.5 Å². The number of aromatic nitrogens is 3. The normalized spacial score (nSPS) is 14.0. The molecule has 1 heterocycles. The molecule has 0 saturated carbocycles. The Bertz CT molecular complexity index is 489. The SMILES string of the molecule is CCCNC(C)(C#N)CSc1n[nH]c(=O)n1CCC. The maximum atomic E-state index is 11.5. The molecule has 0 radical (unpaired) electrons. The Labute approximate surface area is 117 Å². The van der Waals surface area contributed by atoms with Crippen molar-refractivity contribution >= 4 is 11.8 Å². The third-order valence-electron chi connectivity index (χ3n) is 2.67. The quantitative estimate of drug-likeness (QED) is 0.703. The minimum absolute atomic E-state index is 0.190. The Kier molecular flexibility index (Phi) is 6.12. The van der Waals surface area contributed by atoms with Gasteiger partial charge in [-0.05, 0) is 26.3 Å². The van der Waals surface area contributed by atoms with Crippen LogP contribution in [0.5, 0.6) is 0 Å². The minimum Gasteiger partial charge on any atom is -0.299 e. The van der Waals surface area contributed by atoms with Gasteiger partial charge in [0.1, 0.15) is 5.54 Å². The van der Waals surface area contributed by atoms with Crippen LogP contribution < -0.4 is 11.0 Å². The van der Waals surface area contributed by atoms with Gasteiger partial charge in [-0.3, -0.25) is 9.88 Å². The van der Waals surface area contributed by atoms with Crippen molar-refractivity contribution in [2.45, 2.75) is 50.9 Å². The van der Waals surface area contributed by atoms with Gasteiger partial charge in [-0.25, -0.2) is 9.89 Å². The number of nitriles is 1. The van der Waals surface area contributed by atoms with Crippen LogP contribution in [0.25, 0.3) is 0 Å². The van der Waals surface area contributed by atoms with Gasteiger partial charge in [0.2, 0.25) is 0 Å². The molecule has 0 saturated heterocycles. The number of hydrogen-bond acceptors (Lipinski definition) is 5. The first-order valence-corrected chi connectivity index (χ1v) is 7.49. The van der Waals surface area contributed by atoms with Crippen LogP contribution in [-0.4, -0.2) is 32.6 Å². The van der Waals surface area contributed by atoms with Crippen LogP contribution >= 0.6 is 11.8 Å². The van der Waals surface area contributed by atoms with Crippen molar-refractivity contribution in [3.63, 3.8) is 0 Å². The largest absolute Gasteiger partial charge is 0.343 e. The zero-order chi connectivity index (χ0) is 14.3. The molecule has 6 nitrogen and oxygen atoms in total. The van der Waals surface area contributed by atoms with Crippen LogP contribution in [0, 0.1) is 11.3 Å². The molecular formula is C12H21N5OS. The molecule has 0 amide bonds. The highest BCUT2D eigenvalue weighted by Gasteiger charge is 2.24. The van der Waals surface area contributed by atoms with Crippen molar-refractivity contribution in [1.82, 2.24) is 20.1 Å². The summed E-state index contributed by atoms with van der Waals surface area (Å²) in [6.45, 7) is 7.38. The summed E-state index contributed by atoms with van der Waals surface area (Å²) in [7, 11) is 0. The lowest BCUT2D eigenvalue weighted by Gasteiger charge is -2.22. The molecule has 2 N–H and O–H groups in total. The summed E-state index contributed by atoms with van der Waals surface area (Å²) in [5.41, 5.74) is -0.795. The fourth-order valence-electron chi connectivity index (χ4n) is 1.57. The van der Waals surface area contributed by atoms with Crippen molar-refractivity contribution in [1.29, 1.82) is 5.26 Å². The van der Waals surface area contributed by atoms with E-state index in [9.17, 15) is 10.1 Å². The van der Waals surface area contributed by atoms with Crippen LogP contribution in [0.3, 0.4) is 0 Å². The van der Waals surface area contributed by atoms with Gasteiger partial charge >= 0.3 is 5.69 Å². The standard InChI is InChI=1S/C12H21N5OS/c1-4-6-14-12(3,8-13)9-19-11-16-15-10(18)17(11)7-5-2/h14H,4-7,9H2,1-3H3,(H,15,18). The maximum Gasteiger partial charge on any atom is 0.343 e. The van der Waals surface area contributed by atoms with E-state index in [0.717, 1.165) is 19.4 Å². The zero-order valence-corrected chi connectivity index (χ0v) is 12.5. The molecule has 0 aliphatic heterocycles. The Morgan fingerprint density at radius 2 is 2.26 bits per heavy atom. The predicted octanol–water partition coefficient (Wildman–Crippen LogP) is 1.36. The van der Waals surface area contributed by atoms with Crippen molar-refractivity contribution in [2.24, 2.45) is 0 Å². The first-order valence-electron chi connectivity index (χ1n) is 6.50. The summed E-state index contributed by atoms with van der Waals surface area (Å²) in [6, 6.07) is 2.28. The summed E-state index contributed by atoms with van der Waals surface area (Å²) in [5, 5.41) is 19.6. The van der Waals surface area contributed by atoms with E-state index in [0.29, 0.717) is 17.5 Å². The molecular weight excluding hydrogens is 262 g/mol. The van der Waals surface area contributed by atoms with E-state index < -0.39 is 5.54 Å². The van der Waals surface area contributed by atoms with Gasteiger partial charge in [0, 0.05) is 12.3 Å². The van der Waals surface area contributed by atoms with Gasteiger partial charge in [-0.2, -0.15) is 5.26 Å². The molecule has 1 atom stereocenters. The molecule has 1 unspecified atom stereocenters. The Morgan fingerprint density at radius 3 is 2.84 bits per heavy atom. The molecule has 19 heavy (non-hydrogen) atoms. The molecule has 106 valence electrons. The second-order valence-corrected chi connectivity index (χ2v) is 5.56. The van der Waals surface area contributed by atoms with Crippen molar-refractivity contribution in [3.8, 4) is 6.07 Å². The van der Waals surface area contributed by atoms with Gasteiger partial charge in [-0.1, -0.05) is 25.6 Å². The molecule has 0 aliphatic carbocycles. The summed E-state index contributed by atoms with van der Waals surface area (Å²) in [5.74, 6) is 0.553. The van der Waals surface area contributed by atoms with E-state index >= 15 is 0 Å². The fraction of sp³-hybridized carbons (Fsp3) is 0.750. The summed E-state index contributed by atoms with van der Waals surface area (Å²) in [4.78, 5) is 11.5. The molecule has 0 bridgehead atoms. The average Bonchev–Trinajstić information content (AvgIpc) is 2.76. The second-order valence-electron chi connectivity index (χ2n) is 4.62. The van der Waals surface area contributed by atoms with E-state index in [1.165, 1.54) is 11.8 Å². The van der Waals surface area contributed by atoms with E-state index in [4.69, 9.17) is 0 Å². The van der Waals surface area contributed by atoms with Crippen LogP contribution in [0.4, 0.5) is 0 Å². The van der Waals surface area contributed by atoms with Crippen LogP contribution in [-0.2, 0) is 6.54 Å². The lowest BCUT2D eigenvalue weighted by molar-refractivity contribution is 0.492. The summed E-state index contributed by atoms with van der Waals surface area (Å²) >= 11 is 1.43. The molecule has 1 rings (SSSR count). The van der Waals surface area contributed by atoms with Crippen LogP contribution in [0.2, 0.25) is 0 Å². The van der Waals surface area contributed by atoms with Crippen molar-refractivity contribution < 1.29 is 0 Å². The number of hydrogen-bond donors (Lipinski definition) is 2. The van der Waals surface area contributed by atoms with Crippen LogP contribution in [0.1, 0.15) is 33.6 Å². The number of nitrogens with one attached hydrogen (secondary N) is 2. The third kappa shape index (κ3) is 4.40. The molecule has 0 aliphatic rings. The lowest BCUT2D eigenvalue weighted by Crippen LogP contribution is -2.43. The van der Waals surface area contributed by atoms with Gasteiger partial charge in [0.15, 0.2) is 5.16 Å². The predicted molar refractivity (Wildman–Crippen MR) is 76.2 cm³/mol. The van der Waals surface area contributed by atoms with E-state index in [1.807, 2.05) is 13.8 Å². The van der Waals surface area contributed by atoms with Gasteiger partial charge in [-0.15, -0.1) is 5.10 Å². The highest BCUT2D eigenvalue weighted by molar-refractivity contribution is 7.99. The van der Waals surface area contributed by atoms with Crippen LogP contribution in [0.15, 0.2) is 9.95 Å². The zero-order valence-electron chi connectivity index (χ0n) is 11.7. The summed E-state index contributed by atoms with van der Waals surface area (Å²) < 4.78 is 1.61. The first kappa shape index (κ1) is 15.8. The van der Waals surface area contributed by atoms with Gasteiger partial charge in [0.25, 0.3) is 0 Å². The molecule has 0 aromatic carbocycles. The van der Waals surface area contributed by atoms with Crippen molar-refractivity contribution in [2.75, 3.05) is 12.3 Å². The Morgan fingerprint density at radius 1 is 1.53 bits per heavy atom. The Hall–Kier alpha value is -1.26. The highest BCUT2D eigenvalue weighted by Crippen LogP contribution is 2.19. The van der Waals surface area contributed by atoms with Gasteiger partial charge < -0.3 is 0 Å². The van der Waals surface area contributed by atoms with Crippen molar-refractivity contribution in [3.05, 3.63) is 10.5 Å². The molecule has 7 heteroatoms. The van der Waals surface area contributed by atoms with E-state index in [-0.39, 0.29) is 5.69 Å². The number of thioether (sulfide) groups is 1. The topological polar surface area (TPSA) is 86.5 Å². The Balaban J connectivity index is 2.70. The number of nitrogens with zero attached hydrogens (tertiary/aromatic N) is 3. The molecule has 0 fully saturated rings. The highest BCUT2D eigenvalue weighted by atomic mass is 32.2. The maximum absolute atomic E-state index is 11.5. The van der Waals surface area contributed by atoms with E-state index in [1.54, 1.807) is 4.57 Å². The second kappa shape index (κ2) is 7.36.